The van der Waals surface area contributed by atoms with E-state index in [0.29, 0.717) is 31.1 Å². The predicted octanol–water partition coefficient (Wildman–Crippen LogP) is 3.12. The molecule has 160 valence electrons. The largest absolute Gasteiger partial charge is 0.356 e. The second kappa shape index (κ2) is 15.4. The van der Waals surface area contributed by atoms with Gasteiger partial charge in [0.25, 0.3) is 0 Å². The summed E-state index contributed by atoms with van der Waals surface area (Å²) in [7, 11) is 1.77. The van der Waals surface area contributed by atoms with E-state index >= 15 is 0 Å². The molecule has 0 heterocycles. The van der Waals surface area contributed by atoms with Gasteiger partial charge in [-0.1, -0.05) is 19.3 Å². The third-order valence-corrected chi connectivity index (χ3v) is 5.05. The van der Waals surface area contributed by atoms with Gasteiger partial charge in [0.15, 0.2) is 5.96 Å². The number of carbonyl (C=O) groups excluding carboxylic acids is 1. The van der Waals surface area contributed by atoms with Crippen LogP contribution in [0.2, 0.25) is 0 Å². The summed E-state index contributed by atoms with van der Waals surface area (Å²) in [4.78, 5) is 18.8. The van der Waals surface area contributed by atoms with Crippen molar-refractivity contribution in [2.45, 2.75) is 90.8 Å². The van der Waals surface area contributed by atoms with Crippen molar-refractivity contribution in [3.63, 3.8) is 0 Å². The van der Waals surface area contributed by atoms with Crippen LogP contribution in [-0.2, 0) is 4.79 Å². The summed E-state index contributed by atoms with van der Waals surface area (Å²) in [6.45, 7) is 11.5. The van der Waals surface area contributed by atoms with E-state index in [-0.39, 0.29) is 29.9 Å². The number of hydrogen-bond acceptors (Lipinski definition) is 3. The molecule has 1 aliphatic rings. The fraction of sp³-hybridized carbons (Fsp3) is 0.900. The normalized spacial score (nSPS) is 15.8. The zero-order valence-electron chi connectivity index (χ0n) is 18.0. The number of amides is 1. The van der Waals surface area contributed by atoms with Gasteiger partial charge in [0.1, 0.15) is 0 Å². The highest BCUT2D eigenvalue weighted by Gasteiger charge is 2.15. The molecule has 0 aromatic heterocycles. The maximum atomic E-state index is 12.0. The molecule has 6 nitrogen and oxygen atoms in total. The fourth-order valence-electron chi connectivity index (χ4n) is 3.64. The van der Waals surface area contributed by atoms with Crippen molar-refractivity contribution in [1.29, 1.82) is 0 Å². The SMILES string of the molecule is CN=C(NCCCN(C(C)C)C(C)C)NCCC(=O)NC1CCCCC1.I. The van der Waals surface area contributed by atoms with Crippen LogP contribution in [0, 0.1) is 0 Å². The van der Waals surface area contributed by atoms with E-state index in [0.717, 1.165) is 38.3 Å². The summed E-state index contributed by atoms with van der Waals surface area (Å²) in [5.41, 5.74) is 0. The molecule has 0 bridgehead atoms. The Labute approximate surface area is 183 Å². The Bertz CT molecular complexity index is 415. The number of nitrogens with zero attached hydrogens (tertiary/aromatic N) is 2. The quantitative estimate of drug-likeness (QED) is 0.189. The lowest BCUT2D eigenvalue weighted by Gasteiger charge is -2.30. The van der Waals surface area contributed by atoms with Crippen LogP contribution in [0.25, 0.3) is 0 Å². The summed E-state index contributed by atoms with van der Waals surface area (Å²) in [6.07, 6.45) is 7.61. The first-order chi connectivity index (χ1) is 12.4. The van der Waals surface area contributed by atoms with Crippen molar-refractivity contribution >= 4 is 35.8 Å². The van der Waals surface area contributed by atoms with Gasteiger partial charge in [0.2, 0.25) is 5.91 Å². The van der Waals surface area contributed by atoms with Crippen molar-refractivity contribution in [2.24, 2.45) is 4.99 Å². The summed E-state index contributed by atoms with van der Waals surface area (Å²) in [5.74, 6) is 0.917. The number of guanidine groups is 1. The van der Waals surface area contributed by atoms with Gasteiger partial charge in [-0.3, -0.25) is 14.7 Å². The van der Waals surface area contributed by atoms with Crippen molar-refractivity contribution in [3.8, 4) is 0 Å². The average Bonchev–Trinajstić information content (AvgIpc) is 2.60. The molecule has 0 saturated heterocycles. The molecular formula is C20H42IN5O. The van der Waals surface area contributed by atoms with Crippen molar-refractivity contribution in [3.05, 3.63) is 0 Å². The molecule has 0 aromatic rings. The van der Waals surface area contributed by atoms with Crippen LogP contribution in [0.5, 0.6) is 0 Å². The molecule has 0 atom stereocenters. The second-order valence-electron chi connectivity index (χ2n) is 7.86. The zero-order valence-corrected chi connectivity index (χ0v) is 20.3. The molecular weight excluding hydrogens is 453 g/mol. The fourth-order valence-corrected chi connectivity index (χ4v) is 3.64. The van der Waals surface area contributed by atoms with Crippen molar-refractivity contribution in [1.82, 2.24) is 20.9 Å². The summed E-state index contributed by atoms with van der Waals surface area (Å²) in [6, 6.07) is 1.52. The molecule has 0 unspecified atom stereocenters. The van der Waals surface area contributed by atoms with Crippen LogP contribution in [-0.4, -0.2) is 61.6 Å². The van der Waals surface area contributed by atoms with Crippen molar-refractivity contribution in [2.75, 3.05) is 26.7 Å². The van der Waals surface area contributed by atoms with Crippen LogP contribution in [0.15, 0.2) is 4.99 Å². The molecule has 0 aliphatic heterocycles. The van der Waals surface area contributed by atoms with E-state index in [1.807, 2.05) is 0 Å². The van der Waals surface area contributed by atoms with Gasteiger partial charge in [0, 0.05) is 51.2 Å². The molecule has 0 aromatic carbocycles. The third kappa shape index (κ3) is 11.8. The molecule has 1 amide bonds. The van der Waals surface area contributed by atoms with E-state index in [4.69, 9.17) is 0 Å². The number of hydrogen-bond donors (Lipinski definition) is 3. The number of aliphatic imine (C=N–C) groups is 1. The molecule has 0 radical (unpaired) electrons. The number of halogens is 1. The van der Waals surface area contributed by atoms with E-state index in [1.165, 1.54) is 19.3 Å². The number of rotatable bonds is 10. The van der Waals surface area contributed by atoms with Crippen LogP contribution < -0.4 is 16.0 Å². The zero-order chi connectivity index (χ0) is 19.4. The Hall–Kier alpha value is -0.570. The smallest absolute Gasteiger partial charge is 0.221 e. The van der Waals surface area contributed by atoms with Gasteiger partial charge in [-0.05, 0) is 47.0 Å². The topological polar surface area (TPSA) is 68.8 Å². The van der Waals surface area contributed by atoms with Gasteiger partial charge in [-0.15, -0.1) is 24.0 Å². The van der Waals surface area contributed by atoms with Gasteiger partial charge < -0.3 is 16.0 Å². The Morgan fingerprint density at radius 1 is 1.04 bits per heavy atom. The first kappa shape index (κ1) is 26.4. The Kier molecular flexibility index (Phi) is 15.0. The number of nitrogens with one attached hydrogen (secondary N) is 3. The lowest BCUT2D eigenvalue weighted by atomic mass is 9.95. The molecule has 1 saturated carbocycles. The van der Waals surface area contributed by atoms with E-state index in [1.54, 1.807) is 7.05 Å². The lowest BCUT2D eigenvalue weighted by Crippen LogP contribution is -2.42. The highest BCUT2D eigenvalue weighted by Crippen LogP contribution is 2.17. The minimum Gasteiger partial charge on any atom is -0.356 e. The Morgan fingerprint density at radius 3 is 2.19 bits per heavy atom. The summed E-state index contributed by atoms with van der Waals surface area (Å²) >= 11 is 0. The van der Waals surface area contributed by atoms with Crippen LogP contribution in [0.1, 0.15) is 72.6 Å². The highest BCUT2D eigenvalue weighted by molar-refractivity contribution is 14.0. The van der Waals surface area contributed by atoms with Gasteiger partial charge in [-0.25, -0.2) is 0 Å². The van der Waals surface area contributed by atoms with E-state index in [9.17, 15) is 4.79 Å². The van der Waals surface area contributed by atoms with Gasteiger partial charge >= 0.3 is 0 Å². The maximum Gasteiger partial charge on any atom is 0.221 e. The highest BCUT2D eigenvalue weighted by atomic mass is 127. The molecule has 1 aliphatic carbocycles. The Balaban J connectivity index is 0.00000676. The minimum atomic E-state index is 0. The summed E-state index contributed by atoms with van der Waals surface area (Å²) in [5, 5.41) is 9.73. The average molecular weight is 495 g/mol. The molecule has 1 rings (SSSR count). The monoisotopic (exact) mass is 495 g/mol. The van der Waals surface area contributed by atoms with Crippen LogP contribution in [0.3, 0.4) is 0 Å². The van der Waals surface area contributed by atoms with Gasteiger partial charge in [0.05, 0.1) is 0 Å². The standard InChI is InChI=1S/C20H41N5O.HI/c1-16(2)25(17(3)4)15-9-13-22-20(21-5)23-14-12-19(26)24-18-10-7-6-8-11-18;/h16-18H,6-15H2,1-5H3,(H,24,26)(H2,21,22,23);1H. The summed E-state index contributed by atoms with van der Waals surface area (Å²) < 4.78 is 0. The molecule has 1 fully saturated rings. The van der Waals surface area contributed by atoms with Gasteiger partial charge in [-0.2, -0.15) is 0 Å². The lowest BCUT2D eigenvalue weighted by molar-refractivity contribution is -0.121. The van der Waals surface area contributed by atoms with Crippen LogP contribution in [0.4, 0.5) is 0 Å². The van der Waals surface area contributed by atoms with E-state index < -0.39 is 0 Å². The predicted molar refractivity (Wildman–Crippen MR) is 126 cm³/mol. The number of carbonyl (C=O) groups is 1. The first-order valence-electron chi connectivity index (χ1n) is 10.4. The maximum absolute atomic E-state index is 12.0. The Morgan fingerprint density at radius 2 is 1.63 bits per heavy atom. The first-order valence-corrected chi connectivity index (χ1v) is 10.4. The molecule has 7 heteroatoms. The van der Waals surface area contributed by atoms with E-state index in [2.05, 4.69) is 53.5 Å². The molecule has 27 heavy (non-hydrogen) atoms. The van der Waals surface area contributed by atoms with Crippen LogP contribution >= 0.6 is 24.0 Å². The minimum absolute atomic E-state index is 0. The third-order valence-electron chi connectivity index (χ3n) is 5.05. The molecule has 3 N–H and O–H groups in total. The van der Waals surface area contributed by atoms with Crippen molar-refractivity contribution < 1.29 is 4.79 Å². The molecule has 0 spiro atoms. The second-order valence-corrected chi connectivity index (χ2v) is 7.86.